The highest BCUT2D eigenvalue weighted by Crippen LogP contribution is 2.23. The molecule has 0 spiro atoms. The molecule has 2 amide bonds. The Balaban J connectivity index is 1.72. The molecule has 1 aromatic rings. The minimum atomic E-state index is -4.60. The predicted octanol–water partition coefficient (Wildman–Crippen LogP) is 2.59. The Morgan fingerprint density at radius 2 is 1.79 bits per heavy atom. The maximum absolute atomic E-state index is 12.1. The number of carbonyl (C=O) groups excluding carboxylic acids is 3. The van der Waals surface area contributed by atoms with Crippen LogP contribution in [0.3, 0.4) is 0 Å². The highest BCUT2D eigenvalue weighted by molar-refractivity contribution is 5.94. The number of methoxy groups -OCH3 is 1. The van der Waals surface area contributed by atoms with Gasteiger partial charge in [-0.3, -0.25) is 9.59 Å². The Bertz CT molecular complexity index is 733. The first-order valence-electron chi connectivity index (χ1n) is 8.77. The van der Waals surface area contributed by atoms with E-state index in [0.717, 1.165) is 4.90 Å². The standard InChI is InChI=1S/C18H21F3N2O6/c1-27-14-5-3-2-4-13(14)22-15(24)10-28-16(25)12-6-8-23(9-7-12)17(26)29-11-18(19,20)21/h2-5,12H,6-11H2,1H3,(H,22,24). The summed E-state index contributed by atoms with van der Waals surface area (Å²) < 4.78 is 50.5. The van der Waals surface area contributed by atoms with Gasteiger partial charge in [0.15, 0.2) is 13.2 Å². The number of nitrogens with one attached hydrogen (secondary N) is 1. The van der Waals surface area contributed by atoms with Gasteiger partial charge in [-0.2, -0.15) is 13.2 Å². The fourth-order valence-electron chi connectivity index (χ4n) is 2.72. The number of hydrogen-bond acceptors (Lipinski definition) is 6. The van der Waals surface area contributed by atoms with Crippen LogP contribution in [0.2, 0.25) is 0 Å². The molecule has 0 bridgehead atoms. The number of likely N-dealkylation sites (tertiary alicyclic amines) is 1. The maximum atomic E-state index is 12.1. The molecule has 1 fully saturated rings. The summed E-state index contributed by atoms with van der Waals surface area (Å²) in [5.41, 5.74) is 0.432. The first-order chi connectivity index (χ1) is 13.7. The monoisotopic (exact) mass is 418 g/mol. The smallest absolute Gasteiger partial charge is 0.422 e. The molecule has 11 heteroatoms. The van der Waals surface area contributed by atoms with Crippen LogP contribution in [-0.2, 0) is 19.1 Å². The number of nitrogens with zero attached hydrogens (tertiary/aromatic N) is 1. The minimum absolute atomic E-state index is 0.0594. The predicted molar refractivity (Wildman–Crippen MR) is 94.3 cm³/mol. The van der Waals surface area contributed by atoms with Crippen LogP contribution >= 0.6 is 0 Å². The number of anilines is 1. The highest BCUT2D eigenvalue weighted by atomic mass is 19.4. The second kappa shape index (κ2) is 9.99. The number of alkyl halides is 3. The van der Waals surface area contributed by atoms with Gasteiger partial charge < -0.3 is 24.4 Å². The van der Waals surface area contributed by atoms with E-state index in [0.29, 0.717) is 11.4 Å². The van der Waals surface area contributed by atoms with Crippen molar-refractivity contribution in [2.45, 2.75) is 19.0 Å². The molecule has 0 saturated carbocycles. The fraction of sp³-hybridized carbons (Fsp3) is 0.500. The van der Waals surface area contributed by atoms with Gasteiger partial charge >= 0.3 is 18.2 Å². The molecule has 0 unspecified atom stereocenters. The van der Waals surface area contributed by atoms with Gasteiger partial charge in [-0.25, -0.2) is 4.79 Å². The lowest BCUT2D eigenvalue weighted by Crippen LogP contribution is -2.42. The molecule has 0 aliphatic carbocycles. The molecule has 1 aliphatic rings. The van der Waals surface area contributed by atoms with E-state index < -0.39 is 43.3 Å². The Kier molecular flexibility index (Phi) is 7.68. The average molecular weight is 418 g/mol. The third-order valence-corrected chi connectivity index (χ3v) is 4.17. The molecular weight excluding hydrogens is 397 g/mol. The molecule has 160 valence electrons. The number of piperidine rings is 1. The van der Waals surface area contributed by atoms with Gasteiger partial charge in [0.25, 0.3) is 5.91 Å². The first-order valence-corrected chi connectivity index (χ1v) is 8.77. The van der Waals surface area contributed by atoms with Gasteiger partial charge in [0, 0.05) is 13.1 Å². The van der Waals surface area contributed by atoms with E-state index >= 15 is 0 Å². The zero-order chi connectivity index (χ0) is 21.4. The number of rotatable bonds is 6. The van der Waals surface area contributed by atoms with Gasteiger partial charge in [0.1, 0.15) is 5.75 Å². The van der Waals surface area contributed by atoms with E-state index in [4.69, 9.17) is 9.47 Å². The minimum Gasteiger partial charge on any atom is -0.495 e. The zero-order valence-corrected chi connectivity index (χ0v) is 15.7. The molecule has 0 radical (unpaired) electrons. The van der Waals surface area contributed by atoms with E-state index in [2.05, 4.69) is 10.1 Å². The van der Waals surface area contributed by atoms with Gasteiger partial charge in [-0.05, 0) is 25.0 Å². The quantitative estimate of drug-likeness (QED) is 0.714. The molecule has 1 N–H and O–H groups in total. The number of carbonyl (C=O) groups is 3. The van der Waals surface area contributed by atoms with Crippen LogP contribution in [0.15, 0.2) is 24.3 Å². The zero-order valence-electron chi connectivity index (χ0n) is 15.7. The number of ether oxygens (including phenoxy) is 3. The number of hydrogen-bond donors (Lipinski definition) is 1. The van der Waals surface area contributed by atoms with Crippen LogP contribution in [0.1, 0.15) is 12.8 Å². The summed E-state index contributed by atoms with van der Waals surface area (Å²) in [4.78, 5) is 36.7. The topological polar surface area (TPSA) is 94.2 Å². The van der Waals surface area contributed by atoms with Crippen molar-refractivity contribution >= 4 is 23.7 Å². The second-order valence-corrected chi connectivity index (χ2v) is 6.29. The molecule has 1 aliphatic heterocycles. The van der Waals surface area contributed by atoms with Gasteiger partial charge in [0.2, 0.25) is 0 Å². The van der Waals surface area contributed by atoms with Gasteiger partial charge in [-0.1, -0.05) is 12.1 Å². The van der Waals surface area contributed by atoms with Crippen LogP contribution in [0, 0.1) is 5.92 Å². The van der Waals surface area contributed by atoms with Crippen molar-refractivity contribution in [3.63, 3.8) is 0 Å². The molecule has 2 rings (SSSR count). The van der Waals surface area contributed by atoms with Crippen molar-refractivity contribution < 1.29 is 41.8 Å². The Hall–Kier alpha value is -2.98. The lowest BCUT2D eigenvalue weighted by Gasteiger charge is -2.30. The molecule has 1 aromatic carbocycles. The van der Waals surface area contributed by atoms with Crippen LogP contribution in [0.5, 0.6) is 5.75 Å². The summed E-state index contributed by atoms with van der Waals surface area (Å²) in [7, 11) is 1.45. The molecule has 0 atom stereocenters. The van der Waals surface area contributed by atoms with Gasteiger partial charge in [0.05, 0.1) is 18.7 Å². The summed E-state index contributed by atoms with van der Waals surface area (Å²) in [5, 5.41) is 2.57. The van der Waals surface area contributed by atoms with Crippen molar-refractivity contribution in [2.24, 2.45) is 5.92 Å². The van der Waals surface area contributed by atoms with Gasteiger partial charge in [-0.15, -0.1) is 0 Å². The van der Waals surface area contributed by atoms with Crippen molar-refractivity contribution in [3.8, 4) is 5.75 Å². The van der Waals surface area contributed by atoms with Crippen LogP contribution < -0.4 is 10.1 Å². The Morgan fingerprint density at radius 1 is 1.14 bits per heavy atom. The molecule has 0 aromatic heterocycles. The van der Waals surface area contributed by atoms with Crippen molar-refractivity contribution in [1.82, 2.24) is 4.90 Å². The van der Waals surface area contributed by atoms with E-state index in [9.17, 15) is 27.6 Å². The van der Waals surface area contributed by atoms with Crippen molar-refractivity contribution in [2.75, 3.05) is 38.7 Å². The Labute approximate surface area is 164 Å². The number of esters is 1. The second-order valence-electron chi connectivity index (χ2n) is 6.29. The normalized spacial score (nSPS) is 14.8. The number of benzene rings is 1. The summed E-state index contributed by atoms with van der Waals surface area (Å²) >= 11 is 0. The summed E-state index contributed by atoms with van der Waals surface area (Å²) in [6, 6.07) is 6.73. The number of para-hydroxylation sites is 2. The lowest BCUT2D eigenvalue weighted by atomic mass is 9.97. The van der Waals surface area contributed by atoms with E-state index in [-0.39, 0.29) is 25.9 Å². The first kappa shape index (κ1) is 22.3. The highest BCUT2D eigenvalue weighted by Gasteiger charge is 2.33. The van der Waals surface area contributed by atoms with E-state index in [1.54, 1.807) is 24.3 Å². The van der Waals surface area contributed by atoms with E-state index in [1.165, 1.54) is 7.11 Å². The molecule has 8 nitrogen and oxygen atoms in total. The maximum Gasteiger partial charge on any atom is 0.422 e. The SMILES string of the molecule is COc1ccccc1NC(=O)COC(=O)C1CCN(C(=O)OCC(F)(F)F)CC1. The van der Waals surface area contributed by atoms with E-state index in [1.807, 2.05) is 0 Å². The molecule has 1 heterocycles. The molecule has 1 saturated heterocycles. The van der Waals surface area contributed by atoms with Crippen molar-refractivity contribution in [1.29, 1.82) is 0 Å². The Morgan fingerprint density at radius 3 is 2.41 bits per heavy atom. The summed E-state index contributed by atoms with van der Waals surface area (Å²) in [6.45, 7) is -2.03. The molecule has 29 heavy (non-hydrogen) atoms. The molecular formula is C18H21F3N2O6. The average Bonchev–Trinajstić information content (AvgIpc) is 2.70. The third kappa shape index (κ3) is 7.16. The van der Waals surface area contributed by atoms with Crippen LogP contribution in [0.25, 0.3) is 0 Å². The number of amides is 2. The summed E-state index contributed by atoms with van der Waals surface area (Å²) in [6.07, 6.45) is -5.27. The van der Waals surface area contributed by atoms with Crippen molar-refractivity contribution in [3.05, 3.63) is 24.3 Å². The van der Waals surface area contributed by atoms with Crippen LogP contribution in [-0.4, -0.2) is 62.5 Å². The lowest BCUT2D eigenvalue weighted by molar-refractivity contribution is -0.163. The largest absolute Gasteiger partial charge is 0.495 e. The number of halogens is 3. The van der Waals surface area contributed by atoms with Crippen LogP contribution in [0.4, 0.5) is 23.7 Å². The fourth-order valence-corrected chi connectivity index (χ4v) is 2.72. The third-order valence-electron chi connectivity index (χ3n) is 4.17. The summed E-state index contributed by atoms with van der Waals surface area (Å²) in [5.74, 6) is -1.25.